The topological polar surface area (TPSA) is 73.1 Å². The van der Waals surface area contributed by atoms with Crippen molar-refractivity contribution in [3.8, 4) is 11.3 Å². The van der Waals surface area contributed by atoms with E-state index in [1.807, 2.05) is 52.7 Å². The second-order valence-electron chi connectivity index (χ2n) is 5.79. The quantitative estimate of drug-likeness (QED) is 0.748. The molecule has 5 nitrogen and oxygen atoms in total. The van der Waals surface area contributed by atoms with Crippen LogP contribution in [0.15, 0.2) is 66.0 Å². The molecule has 0 bridgehead atoms. The molecule has 0 fully saturated rings. The molecule has 0 saturated heterocycles. The maximum Gasteiger partial charge on any atom is 0.135 e. The van der Waals surface area contributed by atoms with E-state index in [-0.39, 0.29) is 5.76 Å². The van der Waals surface area contributed by atoms with Gasteiger partial charge in [0.05, 0.1) is 17.8 Å². The summed E-state index contributed by atoms with van der Waals surface area (Å²) in [5.74, 6) is 0.510. The Morgan fingerprint density at radius 2 is 1.88 bits per heavy atom. The highest BCUT2D eigenvalue weighted by Crippen LogP contribution is 2.32. The van der Waals surface area contributed by atoms with E-state index in [4.69, 9.17) is 5.41 Å². The number of nitrogens with one attached hydrogen (secondary N) is 1. The van der Waals surface area contributed by atoms with E-state index in [0.29, 0.717) is 29.5 Å². The van der Waals surface area contributed by atoms with Crippen LogP contribution in [0.3, 0.4) is 0 Å². The van der Waals surface area contributed by atoms with Crippen LogP contribution in [0.5, 0.6) is 0 Å². The van der Waals surface area contributed by atoms with Gasteiger partial charge in [-0.1, -0.05) is 30.3 Å². The van der Waals surface area contributed by atoms with Gasteiger partial charge >= 0.3 is 0 Å². The summed E-state index contributed by atoms with van der Waals surface area (Å²) in [4.78, 5) is 10.5. The third kappa shape index (κ3) is 3.04. The number of thiazole rings is 1. The molecule has 3 aromatic rings. The van der Waals surface area contributed by atoms with Crippen molar-refractivity contribution in [3.63, 3.8) is 0 Å². The van der Waals surface area contributed by atoms with Gasteiger partial charge in [0.25, 0.3) is 0 Å². The van der Waals surface area contributed by atoms with Gasteiger partial charge in [0.2, 0.25) is 0 Å². The molecule has 1 aliphatic rings. The Labute approximate surface area is 149 Å². The van der Waals surface area contributed by atoms with Gasteiger partial charge in [-0.2, -0.15) is 0 Å². The Morgan fingerprint density at radius 1 is 1.12 bits per heavy atom. The van der Waals surface area contributed by atoms with E-state index in [1.54, 1.807) is 12.4 Å². The van der Waals surface area contributed by atoms with Crippen molar-refractivity contribution in [2.24, 2.45) is 0 Å². The summed E-state index contributed by atoms with van der Waals surface area (Å²) in [6.07, 6.45) is 3.46. The van der Waals surface area contributed by atoms with Gasteiger partial charge in [0, 0.05) is 29.9 Å². The third-order valence-corrected chi connectivity index (χ3v) is 4.95. The Morgan fingerprint density at radius 3 is 2.64 bits per heavy atom. The van der Waals surface area contributed by atoms with E-state index < -0.39 is 0 Å². The lowest BCUT2D eigenvalue weighted by atomic mass is 10.2. The van der Waals surface area contributed by atoms with Crippen molar-refractivity contribution in [3.05, 3.63) is 76.6 Å². The van der Waals surface area contributed by atoms with Crippen LogP contribution in [-0.2, 0) is 6.54 Å². The summed E-state index contributed by atoms with van der Waals surface area (Å²) >= 11 is 1.45. The van der Waals surface area contributed by atoms with Crippen LogP contribution < -0.4 is 0 Å². The number of aromatic nitrogens is 2. The average Bonchev–Trinajstić information content (AvgIpc) is 3.22. The number of hydrogen-bond acceptors (Lipinski definition) is 5. The summed E-state index contributed by atoms with van der Waals surface area (Å²) in [7, 11) is 0. The van der Waals surface area contributed by atoms with Gasteiger partial charge < -0.3 is 10.0 Å². The van der Waals surface area contributed by atoms with Crippen molar-refractivity contribution >= 4 is 22.7 Å². The van der Waals surface area contributed by atoms with Crippen molar-refractivity contribution in [1.82, 2.24) is 14.9 Å². The smallest absolute Gasteiger partial charge is 0.135 e. The number of nitrogens with zero attached hydrogens (tertiary/aromatic N) is 3. The number of amidine groups is 1. The molecule has 0 atom stereocenters. The molecule has 0 spiro atoms. The maximum atomic E-state index is 10.4. The Hall–Kier alpha value is -2.99. The fourth-order valence-corrected chi connectivity index (χ4v) is 3.73. The number of pyridine rings is 1. The van der Waals surface area contributed by atoms with Crippen LogP contribution >= 0.6 is 11.3 Å². The van der Waals surface area contributed by atoms with E-state index in [9.17, 15) is 5.11 Å². The minimum atomic E-state index is 0.202. The van der Waals surface area contributed by atoms with Crippen LogP contribution in [-0.4, -0.2) is 32.4 Å². The first-order chi connectivity index (χ1) is 12.2. The molecule has 4 rings (SSSR count). The van der Waals surface area contributed by atoms with E-state index in [2.05, 4.69) is 9.97 Å². The minimum Gasteiger partial charge on any atom is -0.510 e. The normalized spacial score (nSPS) is 14.4. The molecular formula is C19H16N4OS. The first-order valence-electron chi connectivity index (χ1n) is 7.88. The molecule has 0 radical (unpaired) electrons. The summed E-state index contributed by atoms with van der Waals surface area (Å²) in [5.41, 5.74) is 3.48. The van der Waals surface area contributed by atoms with Gasteiger partial charge in [-0.05, 0) is 17.7 Å². The molecule has 0 unspecified atom stereocenters. The molecule has 1 aliphatic heterocycles. The van der Waals surface area contributed by atoms with Gasteiger partial charge in [-0.25, -0.2) is 4.98 Å². The highest BCUT2D eigenvalue weighted by molar-refractivity contribution is 7.11. The van der Waals surface area contributed by atoms with E-state index in [1.165, 1.54) is 11.3 Å². The van der Waals surface area contributed by atoms with Crippen molar-refractivity contribution in [1.29, 1.82) is 5.41 Å². The van der Waals surface area contributed by atoms with E-state index >= 15 is 0 Å². The van der Waals surface area contributed by atoms with Gasteiger partial charge in [-0.3, -0.25) is 10.4 Å². The molecule has 124 valence electrons. The molecule has 0 aliphatic carbocycles. The number of benzene rings is 1. The second kappa shape index (κ2) is 6.49. The Kier molecular flexibility index (Phi) is 4.03. The van der Waals surface area contributed by atoms with Crippen molar-refractivity contribution in [2.75, 3.05) is 6.54 Å². The lowest BCUT2D eigenvalue weighted by Crippen LogP contribution is -2.26. The van der Waals surface area contributed by atoms with Gasteiger partial charge in [-0.15, -0.1) is 11.3 Å². The first kappa shape index (κ1) is 15.5. The average molecular weight is 348 g/mol. The maximum absolute atomic E-state index is 10.4. The zero-order chi connectivity index (χ0) is 17.2. The number of rotatable bonds is 4. The fourth-order valence-electron chi connectivity index (χ4n) is 2.83. The Bertz CT molecular complexity index is 934. The summed E-state index contributed by atoms with van der Waals surface area (Å²) in [5, 5.41) is 21.5. The summed E-state index contributed by atoms with van der Waals surface area (Å²) < 4.78 is 0. The molecular weight excluding hydrogens is 332 g/mol. The van der Waals surface area contributed by atoms with Crippen LogP contribution in [0.1, 0.15) is 10.6 Å². The van der Waals surface area contributed by atoms with Crippen LogP contribution in [0.4, 0.5) is 0 Å². The number of aliphatic hydroxyl groups excluding tert-OH is 1. The van der Waals surface area contributed by atoms with Crippen LogP contribution in [0.25, 0.3) is 16.8 Å². The zero-order valence-electron chi connectivity index (χ0n) is 13.4. The van der Waals surface area contributed by atoms with Crippen molar-refractivity contribution < 1.29 is 5.11 Å². The molecule has 2 aromatic heterocycles. The lowest BCUT2D eigenvalue weighted by Gasteiger charge is -2.18. The number of aliphatic hydroxyl groups is 1. The highest BCUT2D eigenvalue weighted by Gasteiger charge is 2.30. The summed E-state index contributed by atoms with van der Waals surface area (Å²) in [6, 6.07) is 13.7. The first-order valence-corrected chi connectivity index (χ1v) is 8.76. The predicted octanol–water partition coefficient (Wildman–Crippen LogP) is 3.97. The standard InChI is InChI=1S/C19H16N4OS/c20-18-17(16(24)11-23(18)10-13-6-8-21-9-7-13)19-22-15(12-25-19)14-4-2-1-3-5-14/h1-9,12,20,24H,10-11H2. The Balaban J connectivity index is 1.57. The monoisotopic (exact) mass is 348 g/mol. The minimum absolute atomic E-state index is 0.202. The number of hydrogen-bond donors (Lipinski definition) is 2. The molecule has 6 heteroatoms. The molecule has 25 heavy (non-hydrogen) atoms. The fraction of sp³-hybridized carbons (Fsp3) is 0.105. The second-order valence-corrected chi connectivity index (χ2v) is 6.64. The molecule has 3 heterocycles. The van der Waals surface area contributed by atoms with Crippen LogP contribution in [0, 0.1) is 5.41 Å². The van der Waals surface area contributed by atoms with E-state index in [0.717, 1.165) is 16.8 Å². The third-order valence-electron chi connectivity index (χ3n) is 4.09. The lowest BCUT2D eigenvalue weighted by molar-refractivity contribution is 0.347. The largest absolute Gasteiger partial charge is 0.510 e. The zero-order valence-corrected chi connectivity index (χ0v) is 14.2. The molecule has 2 N–H and O–H groups in total. The predicted molar refractivity (Wildman–Crippen MR) is 99.5 cm³/mol. The SMILES string of the molecule is N=C1C(c2nc(-c3ccccc3)cs2)=C(O)CN1Cc1ccncc1. The summed E-state index contributed by atoms with van der Waals surface area (Å²) in [6.45, 7) is 0.891. The van der Waals surface area contributed by atoms with Gasteiger partial charge in [0.15, 0.2) is 0 Å². The molecule has 0 amide bonds. The molecule has 1 aromatic carbocycles. The highest BCUT2D eigenvalue weighted by atomic mass is 32.1. The van der Waals surface area contributed by atoms with Crippen LogP contribution in [0.2, 0.25) is 0 Å². The molecule has 0 saturated carbocycles. The van der Waals surface area contributed by atoms with Crippen molar-refractivity contribution in [2.45, 2.75) is 6.54 Å². The van der Waals surface area contributed by atoms with Gasteiger partial charge in [0.1, 0.15) is 16.6 Å².